The molecule has 1 saturated heterocycles. The number of ether oxygens (including phenoxy) is 2. The zero-order valence-electron chi connectivity index (χ0n) is 14.2. The summed E-state index contributed by atoms with van der Waals surface area (Å²) < 4.78 is 11.1. The third-order valence-corrected chi connectivity index (χ3v) is 4.15. The molecule has 1 aliphatic rings. The molecular formula is C18H28N2O3. The highest BCUT2D eigenvalue weighted by molar-refractivity contribution is 5.77. The maximum absolute atomic E-state index is 12.0. The van der Waals surface area contributed by atoms with Gasteiger partial charge in [0.1, 0.15) is 0 Å². The lowest BCUT2D eigenvalue weighted by Crippen LogP contribution is -2.41. The molecule has 0 aromatic heterocycles. The predicted molar refractivity (Wildman–Crippen MR) is 91.0 cm³/mol. The quantitative estimate of drug-likeness (QED) is 0.798. The lowest BCUT2D eigenvalue weighted by atomic mass is 9.98. The van der Waals surface area contributed by atoms with Crippen LogP contribution in [0.25, 0.3) is 0 Å². The van der Waals surface area contributed by atoms with E-state index in [-0.39, 0.29) is 12.5 Å². The Bertz CT molecular complexity index is 493. The van der Waals surface area contributed by atoms with E-state index in [9.17, 15) is 4.79 Å². The molecule has 1 aromatic rings. The minimum atomic E-state index is -0.0788. The van der Waals surface area contributed by atoms with E-state index >= 15 is 0 Å². The SMILES string of the molecule is CCOc1ccccc1OCC(=O)NCC1CCCN(CC)C1. The van der Waals surface area contributed by atoms with E-state index in [4.69, 9.17) is 9.47 Å². The van der Waals surface area contributed by atoms with Crippen molar-refractivity contribution in [3.63, 3.8) is 0 Å². The van der Waals surface area contributed by atoms with Crippen LogP contribution in [0.4, 0.5) is 0 Å². The summed E-state index contributed by atoms with van der Waals surface area (Å²) in [6, 6.07) is 7.42. The minimum absolute atomic E-state index is 0.0221. The maximum atomic E-state index is 12.0. The van der Waals surface area contributed by atoms with Crippen LogP contribution in [0.2, 0.25) is 0 Å². The minimum Gasteiger partial charge on any atom is -0.490 e. The molecule has 0 spiro atoms. The number of piperidine rings is 1. The highest BCUT2D eigenvalue weighted by Gasteiger charge is 2.19. The highest BCUT2D eigenvalue weighted by atomic mass is 16.5. The van der Waals surface area contributed by atoms with Gasteiger partial charge in [0.05, 0.1) is 6.61 Å². The van der Waals surface area contributed by atoms with Crippen LogP contribution in [0.15, 0.2) is 24.3 Å². The Morgan fingerprint density at radius 2 is 2.00 bits per heavy atom. The van der Waals surface area contributed by atoms with E-state index in [0.29, 0.717) is 24.0 Å². The second-order valence-corrected chi connectivity index (χ2v) is 5.87. The van der Waals surface area contributed by atoms with Gasteiger partial charge in [-0.15, -0.1) is 0 Å². The molecule has 1 heterocycles. The number of benzene rings is 1. The van der Waals surface area contributed by atoms with Crippen LogP contribution < -0.4 is 14.8 Å². The van der Waals surface area contributed by atoms with Gasteiger partial charge in [-0.25, -0.2) is 0 Å². The van der Waals surface area contributed by atoms with E-state index in [1.165, 1.54) is 19.4 Å². The van der Waals surface area contributed by atoms with Crippen molar-refractivity contribution in [3.8, 4) is 11.5 Å². The number of rotatable bonds is 8. The molecule has 0 saturated carbocycles. The van der Waals surface area contributed by atoms with E-state index in [1.54, 1.807) is 0 Å². The van der Waals surface area contributed by atoms with Gasteiger partial charge in [0.2, 0.25) is 0 Å². The fourth-order valence-electron chi connectivity index (χ4n) is 2.90. The number of para-hydroxylation sites is 2. The van der Waals surface area contributed by atoms with E-state index in [0.717, 1.165) is 19.6 Å². The van der Waals surface area contributed by atoms with E-state index in [2.05, 4.69) is 17.1 Å². The van der Waals surface area contributed by atoms with Gasteiger partial charge in [0, 0.05) is 13.1 Å². The van der Waals surface area contributed by atoms with Crippen molar-refractivity contribution >= 4 is 5.91 Å². The Morgan fingerprint density at radius 3 is 2.70 bits per heavy atom. The summed E-state index contributed by atoms with van der Waals surface area (Å²) in [6.07, 6.45) is 2.40. The Morgan fingerprint density at radius 1 is 1.26 bits per heavy atom. The first-order valence-electron chi connectivity index (χ1n) is 8.56. The molecule has 1 unspecified atom stereocenters. The van der Waals surface area contributed by atoms with Crippen LogP contribution in [0.3, 0.4) is 0 Å². The Kier molecular flexibility index (Phi) is 7.20. The van der Waals surface area contributed by atoms with Gasteiger partial charge in [0.25, 0.3) is 5.91 Å². The van der Waals surface area contributed by atoms with Crippen molar-refractivity contribution in [3.05, 3.63) is 24.3 Å². The Balaban J connectivity index is 1.73. The third kappa shape index (κ3) is 5.75. The molecule has 1 fully saturated rings. The van der Waals surface area contributed by atoms with Crippen LogP contribution in [0, 0.1) is 5.92 Å². The van der Waals surface area contributed by atoms with Gasteiger partial charge >= 0.3 is 0 Å². The van der Waals surface area contributed by atoms with Gasteiger partial charge in [-0.3, -0.25) is 4.79 Å². The average Bonchev–Trinajstić information content (AvgIpc) is 2.59. The largest absolute Gasteiger partial charge is 0.490 e. The summed E-state index contributed by atoms with van der Waals surface area (Å²) in [5.74, 6) is 1.75. The molecule has 1 aliphatic heterocycles. The van der Waals surface area contributed by atoms with Crippen LogP contribution in [0.5, 0.6) is 11.5 Å². The number of carbonyl (C=O) groups is 1. The van der Waals surface area contributed by atoms with Gasteiger partial charge in [-0.2, -0.15) is 0 Å². The zero-order valence-corrected chi connectivity index (χ0v) is 14.2. The summed E-state index contributed by atoms with van der Waals surface area (Å²) in [5, 5.41) is 2.99. The Labute approximate surface area is 139 Å². The monoisotopic (exact) mass is 320 g/mol. The van der Waals surface area contributed by atoms with Crippen molar-refractivity contribution in [2.45, 2.75) is 26.7 Å². The fraction of sp³-hybridized carbons (Fsp3) is 0.611. The van der Waals surface area contributed by atoms with Gasteiger partial charge in [0.15, 0.2) is 18.1 Å². The predicted octanol–water partition coefficient (Wildman–Crippen LogP) is 2.31. The molecule has 23 heavy (non-hydrogen) atoms. The number of nitrogens with one attached hydrogen (secondary N) is 1. The van der Waals surface area contributed by atoms with Crippen molar-refractivity contribution in [1.29, 1.82) is 0 Å². The number of amides is 1. The van der Waals surface area contributed by atoms with Gasteiger partial charge in [-0.05, 0) is 50.9 Å². The summed E-state index contributed by atoms with van der Waals surface area (Å²) in [5.41, 5.74) is 0. The van der Waals surface area contributed by atoms with Gasteiger partial charge in [-0.1, -0.05) is 19.1 Å². The lowest BCUT2D eigenvalue weighted by molar-refractivity contribution is -0.123. The second-order valence-electron chi connectivity index (χ2n) is 5.87. The van der Waals surface area contributed by atoms with Crippen LogP contribution >= 0.6 is 0 Å². The molecule has 0 radical (unpaired) electrons. The van der Waals surface area contributed by atoms with Crippen LogP contribution in [-0.4, -0.2) is 50.2 Å². The van der Waals surface area contributed by atoms with Crippen molar-refractivity contribution in [2.24, 2.45) is 5.92 Å². The summed E-state index contributed by atoms with van der Waals surface area (Å²) in [4.78, 5) is 14.4. The molecular weight excluding hydrogens is 292 g/mol. The normalized spacial score (nSPS) is 18.4. The first kappa shape index (κ1) is 17.6. The lowest BCUT2D eigenvalue weighted by Gasteiger charge is -2.31. The summed E-state index contributed by atoms with van der Waals surface area (Å²) >= 11 is 0. The first-order chi connectivity index (χ1) is 11.2. The maximum Gasteiger partial charge on any atom is 0.257 e. The van der Waals surface area contributed by atoms with Crippen LogP contribution in [-0.2, 0) is 4.79 Å². The van der Waals surface area contributed by atoms with Crippen molar-refractivity contribution in [1.82, 2.24) is 10.2 Å². The highest BCUT2D eigenvalue weighted by Crippen LogP contribution is 2.26. The standard InChI is InChI=1S/C18H28N2O3/c1-3-20-11-7-8-15(13-20)12-19-18(21)14-23-17-10-6-5-9-16(17)22-4-2/h5-6,9-10,15H,3-4,7-8,11-14H2,1-2H3,(H,19,21). The van der Waals surface area contributed by atoms with E-state index in [1.807, 2.05) is 31.2 Å². The van der Waals surface area contributed by atoms with Crippen molar-refractivity contribution in [2.75, 3.05) is 39.4 Å². The summed E-state index contributed by atoms with van der Waals surface area (Å²) in [7, 11) is 0. The zero-order chi connectivity index (χ0) is 16.5. The molecule has 5 heteroatoms. The number of hydrogen-bond donors (Lipinski definition) is 1. The Hall–Kier alpha value is -1.75. The fourth-order valence-corrected chi connectivity index (χ4v) is 2.90. The number of likely N-dealkylation sites (tertiary alicyclic amines) is 1. The third-order valence-electron chi connectivity index (χ3n) is 4.15. The topological polar surface area (TPSA) is 50.8 Å². The number of nitrogens with zero attached hydrogens (tertiary/aromatic N) is 1. The van der Waals surface area contributed by atoms with Crippen molar-refractivity contribution < 1.29 is 14.3 Å². The number of hydrogen-bond acceptors (Lipinski definition) is 4. The molecule has 5 nitrogen and oxygen atoms in total. The molecule has 128 valence electrons. The molecule has 1 aromatic carbocycles. The number of carbonyl (C=O) groups excluding carboxylic acids is 1. The molecule has 1 N–H and O–H groups in total. The second kappa shape index (κ2) is 9.40. The molecule has 1 atom stereocenters. The molecule has 2 rings (SSSR count). The first-order valence-corrected chi connectivity index (χ1v) is 8.56. The smallest absolute Gasteiger partial charge is 0.257 e. The summed E-state index contributed by atoms with van der Waals surface area (Å²) in [6.45, 7) is 8.77. The molecule has 0 aliphatic carbocycles. The van der Waals surface area contributed by atoms with Crippen LogP contribution in [0.1, 0.15) is 26.7 Å². The molecule has 0 bridgehead atoms. The van der Waals surface area contributed by atoms with E-state index < -0.39 is 0 Å². The average molecular weight is 320 g/mol. The van der Waals surface area contributed by atoms with Gasteiger partial charge < -0.3 is 19.7 Å². The molecule has 1 amide bonds.